The van der Waals surface area contributed by atoms with Crippen LogP contribution in [-0.2, 0) is 0 Å². The largest absolute Gasteiger partial charge is 0.277 e. The molecule has 1 aliphatic carbocycles. The van der Waals surface area contributed by atoms with Gasteiger partial charge in [0.25, 0.3) is 5.70 Å². The van der Waals surface area contributed by atoms with Crippen molar-refractivity contribution < 1.29 is 4.92 Å². The molecule has 1 aliphatic heterocycles. The number of fused-ring (bicyclic) bond motifs is 1. The van der Waals surface area contributed by atoms with Crippen LogP contribution in [0.4, 0.5) is 0 Å². The Morgan fingerprint density at radius 2 is 2.29 bits per heavy atom. The number of rotatable bonds is 1. The van der Waals surface area contributed by atoms with Crippen molar-refractivity contribution in [2.24, 2.45) is 10.2 Å². The summed E-state index contributed by atoms with van der Waals surface area (Å²) in [5.41, 5.74) is 1.82. The molecular weight excluding hydrogens is 250 g/mol. The zero-order valence-electron chi connectivity index (χ0n) is 7.27. The summed E-state index contributed by atoms with van der Waals surface area (Å²) in [5, 5.41) is 18.3. The van der Waals surface area contributed by atoms with E-state index in [1.54, 1.807) is 6.08 Å². The average Bonchev–Trinajstić information content (AvgIpc) is 2.49. The molecule has 0 aromatic carbocycles. The highest BCUT2D eigenvalue weighted by molar-refractivity contribution is 9.11. The van der Waals surface area contributed by atoms with E-state index in [1.807, 2.05) is 6.92 Å². The number of azo groups is 1. The van der Waals surface area contributed by atoms with Gasteiger partial charge in [0.05, 0.1) is 4.92 Å². The van der Waals surface area contributed by atoms with Crippen molar-refractivity contribution in [2.75, 3.05) is 0 Å². The molecule has 1 atom stereocenters. The maximum absolute atomic E-state index is 10.7. The van der Waals surface area contributed by atoms with Gasteiger partial charge in [-0.3, -0.25) is 10.1 Å². The van der Waals surface area contributed by atoms with Crippen LogP contribution in [-0.4, -0.2) is 11.0 Å². The van der Waals surface area contributed by atoms with Gasteiger partial charge in [0, 0.05) is 11.6 Å². The van der Waals surface area contributed by atoms with E-state index in [9.17, 15) is 10.1 Å². The van der Waals surface area contributed by atoms with Crippen molar-refractivity contribution >= 4 is 15.9 Å². The second-order valence-electron chi connectivity index (χ2n) is 3.02. The van der Waals surface area contributed by atoms with Crippen LogP contribution in [0.2, 0.25) is 0 Å². The lowest BCUT2D eigenvalue weighted by Crippen LogP contribution is -2.19. The van der Waals surface area contributed by atoms with Gasteiger partial charge in [0.1, 0.15) is 4.61 Å². The van der Waals surface area contributed by atoms with E-state index in [1.165, 1.54) is 6.08 Å². The monoisotopic (exact) mass is 255 g/mol. The molecule has 72 valence electrons. The Balaban J connectivity index is 2.53. The number of allylic oxidation sites excluding steroid dienone is 2. The normalized spacial score (nSPS) is 24.6. The Morgan fingerprint density at radius 1 is 1.57 bits per heavy atom. The molecule has 0 N–H and O–H groups in total. The van der Waals surface area contributed by atoms with Crippen molar-refractivity contribution in [3.05, 3.63) is 43.7 Å². The summed E-state index contributed by atoms with van der Waals surface area (Å²) in [6.07, 6.45) is 3.19. The van der Waals surface area contributed by atoms with E-state index in [2.05, 4.69) is 26.2 Å². The highest BCUT2D eigenvalue weighted by atomic mass is 79.9. The summed E-state index contributed by atoms with van der Waals surface area (Å²) in [4.78, 5) is 10.3. The van der Waals surface area contributed by atoms with Crippen molar-refractivity contribution in [1.29, 1.82) is 0 Å². The molecule has 0 unspecified atom stereocenters. The van der Waals surface area contributed by atoms with Crippen LogP contribution in [0.5, 0.6) is 0 Å². The Kier molecular flexibility index (Phi) is 2.07. The van der Waals surface area contributed by atoms with Crippen LogP contribution in [0.1, 0.15) is 6.92 Å². The molecule has 5 nitrogen and oxygen atoms in total. The first-order valence-corrected chi connectivity index (χ1v) is 4.74. The molecule has 0 amide bonds. The van der Waals surface area contributed by atoms with Gasteiger partial charge in [0.2, 0.25) is 0 Å². The van der Waals surface area contributed by atoms with Crippen LogP contribution in [0.15, 0.2) is 43.8 Å². The van der Waals surface area contributed by atoms with Crippen molar-refractivity contribution in [2.45, 2.75) is 13.0 Å². The molecular formula is C8H6BrN3O2. The molecule has 0 bridgehead atoms. The molecule has 0 saturated carbocycles. The zero-order valence-corrected chi connectivity index (χ0v) is 8.85. The molecule has 2 rings (SSSR count). The van der Waals surface area contributed by atoms with Crippen molar-refractivity contribution in [3.8, 4) is 0 Å². The smallest absolute Gasteiger partial charge is 0.259 e. The summed E-state index contributed by atoms with van der Waals surface area (Å²) < 4.78 is 0.587. The predicted octanol–water partition coefficient (Wildman–Crippen LogP) is 2.55. The maximum Gasteiger partial charge on any atom is 0.277 e. The third-order valence-electron chi connectivity index (χ3n) is 2.18. The lowest BCUT2D eigenvalue weighted by molar-refractivity contribution is -0.428. The number of hydrogen-bond acceptors (Lipinski definition) is 4. The summed E-state index contributed by atoms with van der Waals surface area (Å²) in [6, 6.07) is -0.538. The standard InChI is InChI=1S/C8H6BrN3O2/c1-4-2-3-5(12(13)14)7-6(4)8(9)11-10-7/h2-3,7H,1H3/t7-/m0/s1. The minimum Gasteiger partial charge on any atom is -0.259 e. The lowest BCUT2D eigenvalue weighted by atomic mass is 9.94. The molecule has 2 aliphatic rings. The van der Waals surface area contributed by atoms with E-state index >= 15 is 0 Å². The Bertz CT molecular complexity index is 434. The van der Waals surface area contributed by atoms with Gasteiger partial charge in [-0.15, -0.1) is 5.11 Å². The number of halogens is 1. The highest BCUT2D eigenvalue weighted by Crippen LogP contribution is 2.37. The second kappa shape index (κ2) is 3.13. The summed E-state index contributed by atoms with van der Waals surface area (Å²) in [7, 11) is 0. The minimum atomic E-state index is -0.538. The van der Waals surface area contributed by atoms with Crippen LogP contribution < -0.4 is 0 Å². The fourth-order valence-corrected chi connectivity index (χ4v) is 2.09. The molecule has 14 heavy (non-hydrogen) atoms. The van der Waals surface area contributed by atoms with Crippen LogP contribution in [0.25, 0.3) is 0 Å². The second-order valence-corrected chi connectivity index (χ2v) is 3.77. The third-order valence-corrected chi connectivity index (χ3v) is 2.76. The minimum absolute atomic E-state index is 0.0730. The van der Waals surface area contributed by atoms with Gasteiger partial charge in [-0.1, -0.05) is 6.08 Å². The quantitative estimate of drug-likeness (QED) is 0.411. The van der Waals surface area contributed by atoms with E-state index in [0.29, 0.717) is 4.61 Å². The number of nitrogens with zero attached hydrogens (tertiary/aromatic N) is 3. The maximum atomic E-state index is 10.7. The Morgan fingerprint density at radius 3 is 2.93 bits per heavy atom. The van der Waals surface area contributed by atoms with E-state index < -0.39 is 11.0 Å². The highest BCUT2D eigenvalue weighted by Gasteiger charge is 2.36. The fourth-order valence-electron chi connectivity index (χ4n) is 1.47. The van der Waals surface area contributed by atoms with Gasteiger partial charge in [0.15, 0.2) is 6.04 Å². The summed E-state index contributed by atoms with van der Waals surface area (Å²) in [6.45, 7) is 1.88. The number of nitro groups is 1. The van der Waals surface area contributed by atoms with Crippen LogP contribution in [0.3, 0.4) is 0 Å². The molecule has 0 radical (unpaired) electrons. The van der Waals surface area contributed by atoms with Crippen molar-refractivity contribution in [1.82, 2.24) is 0 Å². The SMILES string of the molecule is CC1=CC=C([N+](=O)[O-])[C@@H]2N=NC(Br)=C12. The molecule has 0 saturated heterocycles. The Hall–Kier alpha value is -1.30. The van der Waals surface area contributed by atoms with Gasteiger partial charge >= 0.3 is 0 Å². The fraction of sp³-hybridized carbons (Fsp3) is 0.250. The van der Waals surface area contributed by atoms with Gasteiger partial charge < -0.3 is 0 Å². The van der Waals surface area contributed by atoms with Crippen LogP contribution >= 0.6 is 15.9 Å². The molecule has 0 fully saturated rings. The molecule has 6 heteroatoms. The van der Waals surface area contributed by atoms with E-state index in [0.717, 1.165) is 11.1 Å². The molecule has 1 heterocycles. The van der Waals surface area contributed by atoms with Crippen molar-refractivity contribution in [3.63, 3.8) is 0 Å². The zero-order chi connectivity index (χ0) is 10.3. The first kappa shape index (κ1) is 9.26. The van der Waals surface area contributed by atoms with Crippen LogP contribution in [0, 0.1) is 10.1 Å². The number of hydrogen-bond donors (Lipinski definition) is 0. The average molecular weight is 256 g/mol. The molecule has 0 aromatic heterocycles. The molecule has 0 aromatic rings. The predicted molar refractivity (Wildman–Crippen MR) is 53.4 cm³/mol. The third kappa shape index (κ3) is 1.22. The molecule has 0 spiro atoms. The summed E-state index contributed by atoms with van der Waals surface area (Å²) in [5.74, 6) is 0. The first-order valence-electron chi connectivity index (χ1n) is 3.95. The van der Waals surface area contributed by atoms with E-state index in [-0.39, 0.29) is 5.70 Å². The lowest BCUT2D eigenvalue weighted by Gasteiger charge is -2.13. The van der Waals surface area contributed by atoms with Gasteiger partial charge in [-0.05, 0) is 28.4 Å². The van der Waals surface area contributed by atoms with Gasteiger partial charge in [-0.25, -0.2) is 0 Å². The van der Waals surface area contributed by atoms with Gasteiger partial charge in [-0.2, -0.15) is 5.11 Å². The first-order chi connectivity index (χ1) is 6.61. The van der Waals surface area contributed by atoms with E-state index in [4.69, 9.17) is 0 Å². The summed E-state index contributed by atoms with van der Waals surface area (Å²) >= 11 is 3.23. The topological polar surface area (TPSA) is 67.9 Å². The Labute approximate surface area is 88.2 Å².